The lowest BCUT2D eigenvalue weighted by Crippen LogP contribution is -2.54. The second-order valence-corrected chi connectivity index (χ2v) is 4.71. The summed E-state index contributed by atoms with van der Waals surface area (Å²) in [5.41, 5.74) is -0.509. The first-order valence-corrected chi connectivity index (χ1v) is 5.94. The first-order chi connectivity index (χ1) is 7.59. The molecule has 4 nitrogen and oxygen atoms in total. The highest BCUT2D eigenvalue weighted by Crippen LogP contribution is 2.12. The van der Waals surface area contributed by atoms with Gasteiger partial charge in [0.05, 0.1) is 12.1 Å². The normalized spacial score (nSPS) is 19.4. The zero-order valence-electron chi connectivity index (χ0n) is 10.1. The van der Waals surface area contributed by atoms with Crippen LogP contribution >= 0.6 is 0 Å². The standard InChI is InChI=1S/C12H22N2O2/c1-3-8-12(2,9-15)14-11(16)13-10-6-4-5-7-10/h4-5,10,15H,3,6-9H2,1-2H3,(H2,13,14,16). The number of carbonyl (C=O) groups excluding carboxylic acids is 1. The van der Waals surface area contributed by atoms with Crippen LogP contribution in [-0.2, 0) is 0 Å². The average Bonchev–Trinajstić information content (AvgIpc) is 2.70. The number of carbonyl (C=O) groups is 1. The summed E-state index contributed by atoms with van der Waals surface area (Å²) in [6.45, 7) is 3.87. The lowest BCUT2D eigenvalue weighted by atomic mass is 9.97. The number of aliphatic hydroxyl groups is 1. The quantitative estimate of drug-likeness (QED) is 0.623. The lowest BCUT2D eigenvalue weighted by molar-refractivity contribution is 0.162. The SMILES string of the molecule is CCCC(C)(CO)NC(=O)NC1CC=CC1. The molecule has 0 fully saturated rings. The van der Waals surface area contributed by atoms with Crippen molar-refractivity contribution in [3.63, 3.8) is 0 Å². The van der Waals surface area contributed by atoms with Crippen LogP contribution in [0.15, 0.2) is 12.2 Å². The Bertz CT molecular complexity index is 258. The summed E-state index contributed by atoms with van der Waals surface area (Å²) in [5.74, 6) is 0. The van der Waals surface area contributed by atoms with Gasteiger partial charge < -0.3 is 15.7 Å². The molecule has 0 aromatic rings. The molecule has 1 atom stereocenters. The van der Waals surface area contributed by atoms with Crippen molar-refractivity contribution >= 4 is 6.03 Å². The molecule has 92 valence electrons. The van der Waals surface area contributed by atoms with E-state index in [2.05, 4.69) is 22.8 Å². The molecule has 0 saturated heterocycles. The minimum Gasteiger partial charge on any atom is -0.394 e. The summed E-state index contributed by atoms with van der Waals surface area (Å²) >= 11 is 0. The fourth-order valence-corrected chi connectivity index (χ4v) is 1.96. The molecule has 0 bridgehead atoms. The first-order valence-electron chi connectivity index (χ1n) is 5.94. The van der Waals surface area contributed by atoms with Gasteiger partial charge in [-0.15, -0.1) is 0 Å². The molecule has 0 saturated carbocycles. The van der Waals surface area contributed by atoms with Crippen molar-refractivity contribution < 1.29 is 9.90 Å². The summed E-state index contributed by atoms with van der Waals surface area (Å²) in [7, 11) is 0. The predicted octanol–water partition coefficient (Wildman–Crippen LogP) is 1.56. The summed E-state index contributed by atoms with van der Waals surface area (Å²) < 4.78 is 0. The summed E-state index contributed by atoms with van der Waals surface area (Å²) in [4.78, 5) is 11.7. The van der Waals surface area contributed by atoms with Gasteiger partial charge in [-0.25, -0.2) is 4.79 Å². The molecule has 4 heteroatoms. The van der Waals surface area contributed by atoms with Crippen molar-refractivity contribution in [2.75, 3.05) is 6.61 Å². The monoisotopic (exact) mass is 226 g/mol. The highest BCUT2D eigenvalue weighted by atomic mass is 16.3. The van der Waals surface area contributed by atoms with E-state index in [1.807, 2.05) is 13.8 Å². The summed E-state index contributed by atoms with van der Waals surface area (Å²) in [5, 5.41) is 15.0. The van der Waals surface area contributed by atoms with Gasteiger partial charge in [-0.05, 0) is 26.2 Å². The second kappa shape index (κ2) is 5.89. The van der Waals surface area contributed by atoms with Gasteiger partial charge in [0, 0.05) is 6.04 Å². The Labute approximate surface area is 97.1 Å². The Hall–Kier alpha value is -1.03. The largest absolute Gasteiger partial charge is 0.394 e. The zero-order valence-corrected chi connectivity index (χ0v) is 10.1. The maximum atomic E-state index is 11.7. The minimum absolute atomic E-state index is 0.0306. The molecule has 0 aromatic carbocycles. The van der Waals surface area contributed by atoms with Crippen LogP contribution in [-0.4, -0.2) is 29.3 Å². The van der Waals surface area contributed by atoms with E-state index >= 15 is 0 Å². The molecular weight excluding hydrogens is 204 g/mol. The van der Waals surface area contributed by atoms with Crippen molar-refractivity contribution in [3.05, 3.63) is 12.2 Å². The van der Waals surface area contributed by atoms with Crippen molar-refractivity contribution in [1.29, 1.82) is 0 Å². The average molecular weight is 226 g/mol. The molecule has 1 aliphatic carbocycles. The fourth-order valence-electron chi connectivity index (χ4n) is 1.96. The number of aliphatic hydroxyl groups excluding tert-OH is 1. The van der Waals surface area contributed by atoms with E-state index in [-0.39, 0.29) is 18.7 Å². The molecule has 0 spiro atoms. The van der Waals surface area contributed by atoms with Crippen LogP contribution < -0.4 is 10.6 Å². The molecule has 2 amide bonds. The molecule has 0 aliphatic heterocycles. The van der Waals surface area contributed by atoms with Gasteiger partial charge in [-0.1, -0.05) is 25.5 Å². The molecule has 1 aliphatic rings. The van der Waals surface area contributed by atoms with Crippen LogP contribution in [0.2, 0.25) is 0 Å². The maximum absolute atomic E-state index is 11.7. The number of urea groups is 1. The third-order valence-electron chi connectivity index (χ3n) is 2.91. The molecule has 1 rings (SSSR count). The predicted molar refractivity (Wildman–Crippen MR) is 64.2 cm³/mol. The van der Waals surface area contributed by atoms with Gasteiger partial charge >= 0.3 is 6.03 Å². The molecule has 3 N–H and O–H groups in total. The van der Waals surface area contributed by atoms with Gasteiger partial charge in [0.2, 0.25) is 0 Å². The van der Waals surface area contributed by atoms with E-state index in [9.17, 15) is 9.90 Å². The van der Waals surface area contributed by atoms with Crippen molar-refractivity contribution in [3.8, 4) is 0 Å². The Morgan fingerprint density at radius 1 is 1.50 bits per heavy atom. The fraction of sp³-hybridized carbons (Fsp3) is 0.750. The highest BCUT2D eigenvalue weighted by molar-refractivity contribution is 5.75. The van der Waals surface area contributed by atoms with Crippen LogP contribution in [0.5, 0.6) is 0 Å². The third-order valence-corrected chi connectivity index (χ3v) is 2.91. The Morgan fingerprint density at radius 3 is 2.62 bits per heavy atom. The second-order valence-electron chi connectivity index (χ2n) is 4.71. The molecule has 0 radical (unpaired) electrons. The maximum Gasteiger partial charge on any atom is 0.315 e. The van der Waals surface area contributed by atoms with Gasteiger partial charge in [0.1, 0.15) is 0 Å². The van der Waals surface area contributed by atoms with Crippen LogP contribution in [0.25, 0.3) is 0 Å². The van der Waals surface area contributed by atoms with E-state index in [0.29, 0.717) is 0 Å². The Kier molecular flexibility index (Phi) is 4.80. The van der Waals surface area contributed by atoms with Crippen LogP contribution in [0.4, 0.5) is 4.79 Å². The van der Waals surface area contributed by atoms with E-state index in [4.69, 9.17) is 0 Å². The number of nitrogens with one attached hydrogen (secondary N) is 2. The number of hydrogen-bond donors (Lipinski definition) is 3. The van der Waals surface area contributed by atoms with E-state index in [0.717, 1.165) is 25.7 Å². The van der Waals surface area contributed by atoms with Crippen molar-refractivity contribution in [2.45, 2.75) is 51.1 Å². The van der Waals surface area contributed by atoms with Crippen LogP contribution in [0, 0.1) is 0 Å². The van der Waals surface area contributed by atoms with E-state index < -0.39 is 5.54 Å². The topological polar surface area (TPSA) is 61.4 Å². The summed E-state index contributed by atoms with van der Waals surface area (Å²) in [6.07, 6.45) is 7.65. The van der Waals surface area contributed by atoms with Gasteiger partial charge in [0.25, 0.3) is 0 Å². The van der Waals surface area contributed by atoms with Crippen LogP contribution in [0.3, 0.4) is 0 Å². The molecule has 16 heavy (non-hydrogen) atoms. The van der Waals surface area contributed by atoms with Crippen molar-refractivity contribution in [2.24, 2.45) is 0 Å². The number of hydrogen-bond acceptors (Lipinski definition) is 2. The number of rotatable bonds is 5. The highest BCUT2D eigenvalue weighted by Gasteiger charge is 2.25. The van der Waals surface area contributed by atoms with Gasteiger partial charge in [-0.3, -0.25) is 0 Å². The van der Waals surface area contributed by atoms with Crippen LogP contribution in [0.1, 0.15) is 39.5 Å². The molecule has 0 aromatic heterocycles. The molecule has 0 heterocycles. The van der Waals surface area contributed by atoms with Gasteiger partial charge in [-0.2, -0.15) is 0 Å². The van der Waals surface area contributed by atoms with E-state index in [1.165, 1.54) is 0 Å². The van der Waals surface area contributed by atoms with E-state index in [1.54, 1.807) is 0 Å². The lowest BCUT2D eigenvalue weighted by Gasteiger charge is -2.29. The third kappa shape index (κ3) is 3.85. The molecule has 1 unspecified atom stereocenters. The summed E-state index contributed by atoms with van der Waals surface area (Å²) in [6, 6.07) is 0.0308. The molecular formula is C12H22N2O2. The van der Waals surface area contributed by atoms with Crippen molar-refractivity contribution in [1.82, 2.24) is 10.6 Å². The Balaban J connectivity index is 2.36. The van der Waals surface area contributed by atoms with Gasteiger partial charge in [0.15, 0.2) is 0 Å². The smallest absolute Gasteiger partial charge is 0.315 e. The first kappa shape index (κ1) is 13.0. The number of amides is 2. The zero-order chi connectivity index (χ0) is 12.0. The minimum atomic E-state index is -0.509. The Morgan fingerprint density at radius 2 is 2.12 bits per heavy atom.